The minimum Gasteiger partial charge on any atom is -0.309 e. The van der Waals surface area contributed by atoms with Crippen molar-refractivity contribution in [3.8, 4) is 0 Å². The summed E-state index contributed by atoms with van der Waals surface area (Å²) in [5.41, 5.74) is -7.13. The normalized spacial score (nSPS) is 12.2. The standard InChI is InChI=1S/C10H4F7N3O5/c11-7(12)9(13,14)8(21)18-6-4(19(22)23)1-3(10(15,16)17)2-5(6)20(24)25/h1-2,7H,(H,18,21). The molecular formula is C10H4F7N3O5. The highest BCUT2D eigenvalue weighted by Gasteiger charge is 2.50. The van der Waals surface area contributed by atoms with E-state index in [1.165, 1.54) is 0 Å². The van der Waals surface area contributed by atoms with Crippen LogP contribution in [0.15, 0.2) is 12.1 Å². The Hall–Kier alpha value is -3.00. The number of halogens is 7. The van der Waals surface area contributed by atoms with Gasteiger partial charge in [-0.05, 0) is 0 Å². The molecular weight excluding hydrogens is 375 g/mol. The van der Waals surface area contributed by atoms with E-state index in [9.17, 15) is 55.8 Å². The zero-order valence-corrected chi connectivity index (χ0v) is 11.3. The van der Waals surface area contributed by atoms with E-state index in [2.05, 4.69) is 0 Å². The van der Waals surface area contributed by atoms with Gasteiger partial charge in [0.15, 0.2) is 5.69 Å². The molecule has 1 N–H and O–H groups in total. The van der Waals surface area contributed by atoms with E-state index >= 15 is 0 Å². The van der Waals surface area contributed by atoms with Crippen molar-refractivity contribution in [1.29, 1.82) is 0 Å². The van der Waals surface area contributed by atoms with E-state index in [1.807, 2.05) is 0 Å². The number of anilines is 1. The van der Waals surface area contributed by atoms with Crippen molar-refractivity contribution >= 4 is 23.0 Å². The molecule has 0 radical (unpaired) electrons. The molecule has 8 nitrogen and oxygen atoms in total. The number of amides is 1. The fourth-order valence-corrected chi connectivity index (χ4v) is 1.49. The van der Waals surface area contributed by atoms with Crippen LogP contribution in [0.4, 0.5) is 47.8 Å². The van der Waals surface area contributed by atoms with E-state index < -0.39 is 56.9 Å². The number of nitrogens with zero attached hydrogens (tertiary/aromatic N) is 2. The van der Waals surface area contributed by atoms with Gasteiger partial charge in [-0.15, -0.1) is 0 Å². The van der Waals surface area contributed by atoms with Gasteiger partial charge in [-0.1, -0.05) is 0 Å². The van der Waals surface area contributed by atoms with Crippen molar-refractivity contribution in [2.45, 2.75) is 18.5 Å². The van der Waals surface area contributed by atoms with Gasteiger partial charge in [0.05, 0.1) is 15.4 Å². The van der Waals surface area contributed by atoms with Crippen molar-refractivity contribution in [3.05, 3.63) is 37.9 Å². The zero-order chi connectivity index (χ0) is 19.7. The van der Waals surface area contributed by atoms with Crippen molar-refractivity contribution in [3.63, 3.8) is 0 Å². The van der Waals surface area contributed by atoms with E-state index in [4.69, 9.17) is 0 Å². The first-order valence-electron chi connectivity index (χ1n) is 5.71. The summed E-state index contributed by atoms with van der Waals surface area (Å²) in [5, 5.41) is 22.4. The molecule has 0 heterocycles. The van der Waals surface area contributed by atoms with Gasteiger partial charge < -0.3 is 5.32 Å². The molecule has 25 heavy (non-hydrogen) atoms. The molecule has 0 unspecified atom stereocenters. The molecule has 0 aliphatic heterocycles. The fourth-order valence-electron chi connectivity index (χ4n) is 1.49. The van der Waals surface area contributed by atoms with Crippen LogP contribution in [-0.4, -0.2) is 28.1 Å². The van der Waals surface area contributed by atoms with Crippen molar-refractivity contribution < 1.29 is 45.4 Å². The Morgan fingerprint density at radius 2 is 1.40 bits per heavy atom. The molecule has 0 spiro atoms. The van der Waals surface area contributed by atoms with E-state index in [-0.39, 0.29) is 12.1 Å². The predicted octanol–water partition coefficient (Wildman–Crippen LogP) is 3.36. The van der Waals surface area contributed by atoms with Gasteiger partial charge in [0, 0.05) is 12.1 Å². The lowest BCUT2D eigenvalue weighted by Gasteiger charge is -2.15. The number of alkyl halides is 7. The molecule has 0 aliphatic carbocycles. The van der Waals surface area contributed by atoms with Gasteiger partial charge in [0.2, 0.25) is 0 Å². The quantitative estimate of drug-likeness (QED) is 0.479. The molecule has 0 atom stereocenters. The van der Waals surface area contributed by atoms with Crippen LogP contribution in [0.25, 0.3) is 0 Å². The fraction of sp³-hybridized carbons (Fsp3) is 0.300. The third-order valence-corrected chi connectivity index (χ3v) is 2.63. The summed E-state index contributed by atoms with van der Waals surface area (Å²) in [6.07, 6.45) is -9.86. The summed E-state index contributed by atoms with van der Waals surface area (Å²) in [7, 11) is 0. The Labute approximate surface area is 131 Å². The van der Waals surface area contributed by atoms with Crippen LogP contribution in [0.5, 0.6) is 0 Å². The van der Waals surface area contributed by atoms with Crippen LogP contribution in [-0.2, 0) is 11.0 Å². The van der Waals surface area contributed by atoms with Crippen LogP contribution in [0.3, 0.4) is 0 Å². The number of hydrogen-bond donors (Lipinski definition) is 1. The second-order valence-electron chi connectivity index (χ2n) is 4.28. The van der Waals surface area contributed by atoms with E-state index in [0.717, 1.165) is 5.32 Å². The second-order valence-corrected chi connectivity index (χ2v) is 4.28. The van der Waals surface area contributed by atoms with Crippen LogP contribution in [0.1, 0.15) is 5.56 Å². The number of benzene rings is 1. The molecule has 1 aromatic rings. The van der Waals surface area contributed by atoms with Gasteiger partial charge in [-0.2, -0.15) is 22.0 Å². The van der Waals surface area contributed by atoms with Crippen molar-refractivity contribution in [1.82, 2.24) is 0 Å². The predicted molar refractivity (Wildman–Crippen MR) is 64.3 cm³/mol. The minimum atomic E-state index is -5.40. The molecule has 0 aliphatic rings. The van der Waals surface area contributed by atoms with Gasteiger partial charge in [-0.25, -0.2) is 8.78 Å². The van der Waals surface area contributed by atoms with Gasteiger partial charge in [0.1, 0.15) is 0 Å². The molecule has 1 aromatic carbocycles. The Kier molecular flexibility index (Phi) is 5.20. The summed E-state index contributed by atoms with van der Waals surface area (Å²) < 4.78 is 87.7. The van der Waals surface area contributed by atoms with E-state index in [0.29, 0.717) is 0 Å². The lowest BCUT2D eigenvalue weighted by atomic mass is 10.1. The van der Waals surface area contributed by atoms with Crippen molar-refractivity contribution in [2.75, 3.05) is 5.32 Å². The average Bonchev–Trinajstić information content (AvgIpc) is 2.44. The smallest absolute Gasteiger partial charge is 0.309 e. The number of nitro benzene ring substituents is 2. The first-order valence-corrected chi connectivity index (χ1v) is 5.71. The number of carbonyl (C=O) groups is 1. The number of nitrogens with one attached hydrogen (secondary N) is 1. The SMILES string of the molecule is O=C(Nc1c([N+](=O)[O-])cc(C(F)(F)F)cc1[N+](=O)[O-])C(F)(F)C(F)F. The Morgan fingerprint density at radius 3 is 1.68 bits per heavy atom. The van der Waals surface area contributed by atoms with E-state index in [1.54, 1.807) is 0 Å². The third kappa shape index (κ3) is 4.10. The molecule has 0 aromatic heterocycles. The van der Waals surface area contributed by atoms with Crippen molar-refractivity contribution in [2.24, 2.45) is 0 Å². The highest BCUT2D eigenvalue weighted by atomic mass is 19.4. The number of hydrogen-bond acceptors (Lipinski definition) is 5. The number of rotatable bonds is 5. The molecule has 0 saturated heterocycles. The van der Waals surface area contributed by atoms with Crippen LogP contribution in [0, 0.1) is 20.2 Å². The Bertz CT molecular complexity index is 699. The molecule has 0 saturated carbocycles. The first-order chi connectivity index (χ1) is 11.2. The topological polar surface area (TPSA) is 115 Å². The first kappa shape index (κ1) is 20.0. The summed E-state index contributed by atoms with van der Waals surface area (Å²) in [6, 6.07) is -0.549. The summed E-state index contributed by atoms with van der Waals surface area (Å²) in [6.45, 7) is 0. The van der Waals surface area contributed by atoms with Crippen LogP contribution >= 0.6 is 0 Å². The Balaban J connectivity index is 3.60. The lowest BCUT2D eigenvalue weighted by Crippen LogP contribution is -2.41. The maximum atomic E-state index is 12.9. The monoisotopic (exact) mass is 379 g/mol. The van der Waals surface area contributed by atoms with Gasteiger partial charge in [-0.3, -0.25) is 25.0 Å². The minimum absolute atomic E-state index is 0.275. The largest absolute Gasteiger partial charge is 0.416 e. The molecule has 1 amide bonds. The molecule has 138 valence electrons. The Morgan fingerprint density at radius 1 is 1.00 bits per heavy atom. The summed E-state index contributed by atoms with van der Waals surface area (Å²) in [5.74, 6) is -8.27. The molecule has 0 bridgehead atoms. The van der Waals surface area contributed by atoms with Crippen LogP contribution in [0.2, 0.25) is 0 Å². The zero-order valence-electron chi connectivity index (χ0n) is 11.3. The highest BCUT2D eigenvalue weighted by molar-refractivity contribution is 6.00. The van der Waals surface area contributed by atoms with Crippen LogP contribution < -0.4 is 5.32 Å². The molecule has 1 rings (SSSR count). The number of carbonyl (C=O) groups excluding carboxylic acids is 1. The second kappa shape index (κ2) is 6.48. The molecule has 15 heteroatoms. The van der Waals surface area contributed by atoms with Gasteiger partial charge in [0.25, 0.3) is 0 Å². The summed E-state index contributed by atoms with van der Waals surface area (Å²) >= 11 is 0. The number of nitro groups is 2. The molecule has 0 fully saturated rings. The average molecular weight is 379 g/mol. The maximum absolute atomic E-state index is 12.9. The summed E-state index contributed by atoms with van der Waals surface area (Å²) in [4.78, 5) is 29.4. The third-order valence-electron chi connectivity index (χ3n) is 2.63. The van der Waals surface area contributed by atoms with Gasteiger partial charge >= 0.3 is 35.8 Å². The maximum Gasteiger partial charge on any atom is 0.416 e. The lowest BCUT2D eigenvalue weighted by molar-refractivity contribution is -0.392. The highest BCUT2D eigenvalue weighted by Crippen LogP contribution is 2.41.